The minimum absolute atomic E-state index is 0.430. The summed E-state index contributed by atoms with van der Waals surface area (Å²) in [5.74, 6) is 0. The average Bonchev–Trinajstić information content (AvgIpc) is 3.09. The molecule has 0 N–H and O–H groups in total. The Bertz CT molecular complexity index is 1760. The third-order valence-electron chi connectivity index (χ3n) is 7.06. The fourth-order valence-electron chi connectivity index (χ4n) is 5.45. The van der Waals surface area contributed by atoms with Crippen LogP contribution in [0, 0.1) is 20.4 Å². The molecule has 6 aromatic rings. The molecule has 156 valence electrons. The zero-order chi connectivity index (χ0) is 22.4. The zero-order valence-electron chi connectivity index (χ0n) is 19.1. The molecule has 32 heavy (non-hydrogen) atoms. The third kappa shape index (κ3) is 2.37. The molecular formula is C28H25N4+. The summed E-state index contributed by atoms with van der Waals surface area (Å²) in [5, 5.41) is 6.24. The van der Waals surface area contributed by atoms with Crippen molar-refractivity contribution in [2.24, 2.45) is 7.05 Å². The van der Waals surface area contributed by atoms with E-state index in [9.17, 15) is 0 Å². The first-order chi connectivity index (χ1) is 15.3. The lowest BCUT2D eigenvalue weighted by Crippen LogP contribution is -2.29. The van der Waals surface area contributed by atoms with Crippen LogP contribution in [0.5, 0.6) is 0 Å². The second-order valence-electron chi connectivity index (χ2n) is 9.77. The Labute approximate surface area is 186 Å². The van der Waals surface area contributed by atoms with Crippen LogP contribution in [-0.4, -0.2) is 14.9 Å². The summed E-state index contributed by atoms with van der Waals surface area (Å²) in [6, 6.07) is 11.2. The van der Waals surface area contributed by atoms with Gasteiger partial charge in [0, 0.05) is 43.1 Å². The molecule has 4 heteroatoms. The molecule has 0 saturated heterocycles. The van der Waals surface area contributed by atoms with Crippen molar-refractivity contribution < 1.29 is 4.57 Å². The van der Waals surface area contributed by atoms with Crippen LogP contribution in [0.2, 0.25) is 0 Å². The number of fused-ring (bicyclic) bond motifs is 5. The van der Waals surface area contributed by atoms with Crippen molar-refractivity contribution in [1.29, 1.82) is 0 Å². The predicted molar refractivity (Wildman–Crippen MR) is 131 cm³/mol. The molecule has 0 unspecified atom stereocenters. The molecule has 0 aliphatic carbocycles. The van der Waals surface area contributed by atoms with Crippen molar-refractivity contribution in [3.8, 4) is 0 Å². The Morgan fingerprint density at radius 1 is 1.06 bits per heavy atom. The Kier molecular flexibility index (Phi) is 3.67. The number of pyridine rings is 3. The van der Waals surface area contributed by atoms with E-state index in [1.54, 1.807) is 0 Å². The van der Waals surface area contributed by atoms with Crippen molar-refractivity contribution in [2.75, 3.05) is 0 Å². The van der Waals surface area contributed by atoms with Gasteiger partial charge in [0.15, 0.2) is 6.20 Å². The normalized spacial score (nSPS) is 12.6. The second-order valence-corrected chi connectivity index (χ2v) is 9.77. The molecule has 0 atom stereocenters. The highest BCUT2D eigenvalue weighted by Gasteiger charge is 2.27. The van der Waals surface area contributed by atoms with Gasteiger partial charge in [-0.15, -0.1) is 0 Å². The van der Waals surface area contributed by atoms with Crippen molar-refractivity contribution in [1.82, 2.24) is 9.38 Å². The van der Waals surface area contributed by atoms with Gasteiger partial charge < -0.3 is 9.25 Å². The molecule has 0 radical (unpaired) electrons. The summed E-state index contributed by atoms with van der Waals surface area (Å²) in [5.41, 5.74) is 8.29. The highest BCUT2D eigenvalue weighted by Crippen LogP contribution is 2.41. The van der Waals surface area contributed by atoms with Crippen LogP contribution < -0.4 is 4.57 Å². The number of hydrogen-bond donors (Lipinski definition) is 0. The maximum absolute atomic E-state index is 7.62. The second kappa shape index (κ2) is 6.17. The zero-order valence-corrected chi connectivity index (χ0v) is 19.1. The maximum atomic E-state index is 7.62. The van der Waals surface area contributed by atoms with Gasteiger partial charge in [-0.1, -0.05) is 6.07 Å². The average molecular weight is 418 g/mol. The molecule has 0 bridgehead atoms. The minimum Gasteiger partial charge on any atom is -0.311 e. The first-order valence-corrected chi connectivity index (χ1v) is 11.0. The van der Waals surface area contributed by atoms with Crippen LogP contribution >= 0.6 is 0 Å². The van der Waals surface area contributed by atoms with Gasteiger partial charge in [0.1, 0.15) is 7.05 Å². The van der Waals surface area contributed by atoms with E-state index in [2.05, 4.69) is 76.2 Å². The van der Waals surface area contributed by atoms with E-state index in [1.807, 2.05) is 26.2 Å². The standard InChI is InChI=1S/C28H25N4/c1-16-11-20-21-15-30-9-7-22(21)32-23-13-18(14-28(3,4)29-5)12-19-8-10-31(6)27(25(19)23)24(17(16)2)26(20)32/h7-13,15H,14H2,1-4,6H3/q+1. The maximum Gasteiger partial charge on any atom is 0.231 e. The molecule has 2 aromatic carbocycles. The van der Waals surface area contributed by atoms with Crippen molar-refractivity contribution in [3.63, 3.8) is 0 Å². The summed E-state index contributed by atoms with van der Waals surface area (Å²) in [6.45, 7) is 16.1. The predicted octanol–water partition coefficient (Wildman–Crippen LogP) is 6.07. The fourth-order valence-corrected chi connectivity index (χ4v) is 5.45. The van der Waals surface area contributed by atoms with Crippen LogP contribution in [0.3, 0.4) is 0 Å². The summed E-state index contributed by atoms with van der Waals surface area (Å²) in [6.07, 6.45) is 6.76. The Morgan fingerprint density at radius 2 is 1.88 bits per heavy atom. The number of rotatable bonds is 2. The molecule has 4 nitrogen and oxygen atoms in total. The molecular weight excluding hydrogens is 392 g/mol. The quantitative estimate of drug-likeness (QED) is 0.145. The Balaban J connectivity index is 1.96. The lowest BCUT2D eigenvalue weighted by Gasteiger charge is -2.16. The molecule has 6 rings (SSSR count). The largest absolute Gasteiger partial charge is 0.311 e. The van der Waals surface area contributed by atoms with Gasteiger partial charge in [-0.2, -0.15) is 0 Å². The number of nitrogens with zero attached hydrogens (tertiary/aromatic N) is 4. The van der Waals surface area contributed by atoms with E-state index in [-0.39, 0.29) is 0 Å². The highest BCUT2D eigenvalue weighted by atomic mass is 15.0. The minimum atomic E-state index is -0.430. The topological polar surface area (TPSA) is 25.5 Å². The molecule has 0 aliphatic heterocycles. The van der Waals surface area contributed by atoms with Gasteiger partial charge in [-0.25, -0.2) is 11.1 Å². The monoisotopic (exact) mass is 417 g/mol. The SMILES string of the molecule is [C-]#[N+]C(C)(C)Cc1cc2cc[n+](C)c3c4c(C)c(C)cc5c6cnccc6n(c(c1)c23)c54. The Morgan fingerprint density at radius 3 is 2.66 bits per heavy atom. The lowest BCUT2D eigenvalue weighted by atomic mass is 9.92. The van der Waals surface area contributed by atoms with Gasteiger partial charge >= 0.3 is 0 Å². The van der Waals surface area contributed by atoms with Crippen molar-refractivity contribution in [3.05, 3.63) is 77.0 Å². The molecule has 0 aliphatic rings. The van der Waals surface area contributed by atoms with Gasteiger partial charge in [0.2, 0.25) is 11.1 Å². The van der Waals surface area contributed by atoms with Crippen molar-refractivity contribution >= 4 is 49.0 Å². The fraction of sp³-hybridized carbons (Fsp3) is 0.250. The molecule has 0 saturated carbocycles. The summed E-state index contributed by atoms with van der Waals surface area (Å²) in [7, 11) is 2.14. The van der Waals surface area contributed by atoms with Crippen LogP contribution in [-0.2, 0) is 13.5 Å². The van der Waals surface area contributed by atoms with E-state index in [0.717, 1.165) is 6.42 Å². The highest BCUT2D eigenvalue weighted by molar-refractivity contribution is 6.26. The van der Waals surface area contributed by atoms with Gasteiger partial charge in [-0.05, 0) is 54.1 Å². The third-order valence-corrected chi connectivity index (χ3v) is 7.06. The van der Waals surface area contributed by atoms with Gasteiger partial charge in [0.25, 0.3) is 0 Å². The molecule has 0 amide bonds. The smallest absolute Gasteiger partial charge is 0.231 e. The van der Waals surface area contributed by atoms with E-state index in [1.165, 1.54) is 65.7 Å². The number of aromatic nitrogens is 3. The van der Waals surface area contributed by atoms with E-state index >= 15 is 0 Å². The molecule has 0 fully saturated rings. The first kappa shape index (κ1) is 19.0. The lowest BCUT2D eigenvalue weighted by molar-refractivity contribution is -0.643. The molecule has 0 spiro atoms. The van der Waals surface area contributed by atoms with Gasteiger partial charge in [-0.3, -0.25) is 4.98 Å². The summed E-state index contributed by atoms with van der Waals surface area (Å²) < 4.78 is 4.69. The summed E-state index contributed by atoms with van der Waals surface area (Å²) in [4.78, 5) is 8.32. The van der Waals surface area contributed by atoms with Crippen LogP contribution in [0.4, 0.5) is 0 Å². The van der Waals surface area contributed by atoms with E-state index in [0.29, 0.717) is 0 Å². The van der Waals surface area contributed by atoms with Gasteiger partial charge in [0.05, 0.1) is 33.7 Å². The number of aryl methyl sites for hydroxylation is 3. The Hall–Kier alpha value is -3.71. The number of benzene rings is 2. The van der Waals surface area contributed by atoms with Crippen LogP contribution in [0.1, 0.15) is 30.5 Å². The molecule has 4 heterocycles. The van der Waals surface area contributed by atoms with E-state index in [4.69, 9.17) is 6.57 Å². The van der Waals surface area contributed by atoms with E-state index < -0.39 is 5.54 Å². The number of hydrogen-bond acceptors (Lipinski definition) is 1. The molecule has 4 aromatic heterocycles. The van der Waals surface area contributed by atoms with Crippen LogP contribution in [0.15, 0.2) is 48.9 Å². The van der Waals surface area contributed by atoms with Crippen LogP contribution in [0.25, 0.3) is 53.8 Å². The first-order valence-electron chi connectivity index (χ1n) is 11.0. The summed E-state index contributed by atoms with van der Waals surface area (Å²) >= 11 is 0. The van der Waals surface area contributed by atoms with Crippen molar-refractivity contribution in [2.45, 2.75) is 39.7 Å².